The van der Waals surface area contributed by atoms with Gasteiger partial charge in [-0.05, 0) is 29.0 Å². The van der Waals surface area contributed by atoms with Crippen molar-refractivity contribution in [3.05, 3.63) is 48.2 Å². The highest BCUT2D eigenvalue weighted by molar-refractivity contribution is 5.90. The molecule has 2 heteroatoms. The summed E-state index contributed by atoms with van der Waals surface area (Å²) in [6.45, 7) is 0. The maximum Gasteiger partial charge on any atom is 0.0618 e. The Labute approximate surface area is 82.2 Å². The summed E-state index contributed by atoms with van der Waals surface area (Å²) in [5.74, 6) is 0. The number of hydrazine groups is 1. The number of benzene rings is 2. The largest absolute Gasteiger partial charge is 0.308 e. The van der Waals surface area contributed by atoms with Crippen LogP contribution < -0.4 is 10.9 Å². The first-order chi connectivity index (χ1) is 6.93. The second-order valence-electron chi connectivity index (χ2n) is 3.39. The van der Waals surface area contributed by atoms with E-state index in [1.165, 1.54) is 16.3 Å². The van der Waals surface area contributed by atoms with Crippen molar-refractivity contribution in [3.8, 4) is 0 Å². The third-order valence-electron chi connectivity index (χ3n) is 2.47. The highest BCUT2D eigenvalue weighted by Crippen LogP contribution is 2.25. The molecule has 0 saturated carbocycles. The maximum absolute atomic E-state index is 3.12. The first kappa shape index (κ1) is 7.44. The predicted molar refractivity (Wildman–Crippen MR) is 59.7 cm³/mol. The molecule has 0 atom stereocenters. The fourth-order valence-corrected chi connectivity index (χ4v) is 1.75. The minimum atomic E-state index is 1.13. The number of hydrogen-bond acceptors (Lipinski definition) is 2. The molecule has 2 aromatic rings. The minimum Gasteiger partial charge on any atom is -0.308 e. The van der Waals surface area contributed by atoms with Crippen LogP contribution in [0.4, 0.5) is 5.69 Å². The summed E-state index contributed by atoms with van der Waals surface area (Å²) in [5, 5.41) is 2.54. The SMILES string of the molecule is C1=Cc2cc3ccccc3cc2NN1. The van der Waals surface area contributed by atoms with Crippen LogP contribution in [-0.2, 0) is 0 Å². The molecule has 0 radical (unpaired) electrons. The number of rotatable bonds is 0. The van der Waals surface area contributed by atoms with Gasteiger partial charge in [0.1, 0.15) is 0 Å². The molecular weight excluding hydrogens is 172 g/mol. The zero-order valence-electron chi connectivity index (χ0n) is 7.62. The molecule has 2 nitrogen and oxygen atoms in total. The van der Waals surface area contributed by atoms with Crippen LogP contribution >= 0.6 is 0 Å². The van der Waals surface area contributed by atoms with Crippen molar-refractivity contribution >= 4 is 22.5 Å². The highest BCUT2D eigenvalue weighted by Gasteiger charge is 2.04. The summed E-state index contributed by atoms with van der Waals surface area (Å²) in [7, 11) is 0. The van der Waals surface area contributed by atoms with E-state index in [4.69, 9.17) is 0 Å². The van der Waals surface area contributed by atoms with E-state index >= 15 is 0 Å². The lowest BCUT2D eigenvalue weighted by molar-refractivity contribution is 1.05. The highest BCUT2D eigenvalue weighted by atomic mass is 15.3. The molecule has 1 aliphatic rings. The fourth-order valence-electron chi connectivity index (χ4n) is 1.75. The van der Waals surface area contributed by atoms with Crippen molar-refractivity contribution in [2.45, 2.75) is 0 Å². The van der Waals surface area contributed by atoms with E-state index in [-0.39, 0.29) is 0 Å². The lowest BCUT2D eigenvalue weighted by Crippen LogP contribution is -2.17. The normalized spacial score (nSPS) is 13.1. The van der Waals surface area contributed by atoms with Crippen molar-refractivity contribution in [2.24, 2.45) is 0 Å². The summed E-state index contributed by atoms with van der Waals surface area (Å²) >= 11 is 0. The standard InChI is InChI=1S/C12H10N2/c1-2-4-10-8-12-11(5-6-13-14-12)7-9(10)3-1/h1-8,13-14H. The van der Waals surface area contributed by atoms with Crippen molar-refractivity contribution in [2.75, 3.05) is 5.43 Å². The van der Waals surface area contributed by atoms with Crippen molar-refractivity contribution in [1.29, 1.82) is 0 Å². The first-order valence-corrected chi connectivity index (χ1v) is 4.64. The Hall–Kier alpha value is -1.96. The topological polar surface area (TPSA) is 24.1 Å². The van der Waals surface area contributed by atoms with Crippen LogP contribution in [0.15, 0.2) is 42.6 Å². The Morgan fingerprint density at radius 1 is 0.929 bits per heavy atom. The van der Waals surface area contributed by atoms with E-state index in [0.29, 0.717) is 0 Å². The lowest BCUT2D eigenvalue weighted by atomic mass is 10.0. The van der Waals surface area contributed by atoms with Gasteiger partial charge < -0.3 is 10.9 Å². The Balaban J connectivity index is 2.34. The van der Waals surface area contributed by atoms with Gasteiger partial charge in [-0.15, -0.1) is 0 Å². The number of fused-ring (bicyclic) bond motifs is 2. The predicted octanol–water partition coefficient (Wildman–Crippen LogP) is 2.74. The van der Waals surface area contributed by atoms with Gasteiger partial charge in [0.05, 0.1) is 5.69 Å². The molecule has 1 heterocycles. The quantitative estimate of drug-likeness (QED) is 0.654. The van der Waals surface area contributed by atoms with Gasteiger partial charge in [0.2, 0.25) is 0 Å². The molecule has 0 unspecified atom stereocenters. The average Bonchev–Trinajstić information content (AvgIpc) is 2.26. The van der Waals surface area contributed by atoms with Gasteiger partial charge in [-0.1, -0.05) is 24.3 Å². The van der Waals surface area contributed by atoms with Crippen molar-refractivity contribution < 1.29 is 0 Å². The summed E-state index contributed by atoms with van der Waals surface area (Å²) in [4.78, 5) is 0. The van der Waals surface area contributed by atoms with E-state index < -0.39 is 0 Å². The molecule has 0 bridgehead atoms. The van der Waals surface area contributed by atoms with E-state index in [0.717, 1.165) is 5.69 Å². The van der Waals surface area contributed by atoms with Gasteiger partial charge in [0.25, 0.3) is 0 Å². The van der Waals surface area contributed by atoms with Gasteiger partial charge >= 0.3 is 0 Å². The smallest absolute Gasteiger partial charge is 0.0618 e. The molecule has 0 spiro atoms. The molecule has 0 aromatic heterocycles. The van der Waals surface area contributed by atoms with Crippen LogP contribution in [-0.4, -0.2) is 0 Å². The monoisotopic (exact) mass is 182 g/mol. The molecular formula is C12H10N2. The summed E-state index contributed by atoms with van der Waals surface area (Å²) in [6, 6.07) is 12.7. The van der Waals surface area contributed by atoms with E-state index in [1.54, 1.807) is 0 Å². The van der Waals surface area contributed by atoms with Gasteiger partial charge in [-0.25, -0.2) is 0 Å². The molecule has 0 fully saturated rings. The van der Waals surface area contributed by atoms with E-state index in [1.807, 2.05) is 6.20 Å². The van der Waals surface area contributed by atoms with Crippen LogP contribution in [0.25, 0.3) is 16.8 Å². The molecule has 3 rings (SSSR count). The zero-order valence-corrected chi connectivity index (χ0v) is 7.62. The Bertz CT molecular complexity index is 515. The second kappa shape index (κ2) is 2.77. The molecule has 1 aliphatic heterocycles. The summed E-state index contributed by atoms with van der Waals surface area (Å²) in [6.07, 6.45) is 3.97. The molecule has 0 aliphatic carbocycles. The van der Waals surface area contributed by atoms with Crippen LogP contribution in [0.3, 0.4) is 0 Å². The summed E-state index contributed by atoms with van der Waals surface area (Å²) < 4.78 is 0. The zero-order chi connectivity index (χ0) is 9.38. The third kappa shape index (κ3) is 1.04. The number of anilines is 1. The minimum absolute atomic E-state index is 1.13. The molecule has 2 N–H and O–H groups in total. The van der Waals surface area contributed by atoms with Crippen LogP contribution in [0, 0.1) is 0 Å². The Morgan fingerprint density at radius 3 is 2.57 bits per heavy atom. The van der Waals surface area contributed by atoms with Crippen molar-refractivity contribution in [3.63, 3.8) is 0 Å². The van der Waals surface area contributed by atoms with Crippen LogP contribution in [0.1, 0.15) is 5.56 Å². The Kier molecular flexibility index (Phi) is 1.47. The molecule has 2 aromatic carbocycles. The van der Waals surface area contributed by atoms with Crippen LogP contribution in [0.2, 0.25) is 0 Å². The first-order valence-electron chi connectivity index (χ1n) is 4.64. The number of hydrogen-bond donors (Lipinski definition) is 2. The number of nitrogens with one attached hydrogen (secondary N) is 2. The maximum atomic E-state index is 3.12. The lowest BCUT2D eigenvalue weighted by Gasteiger charge is -2.15. The van der Waals surface area contributed by atoms with Gasteiger partial charge in [-0.2, -0.15) is 0 Å². The molecule has 0 amide bonds. The second-order valence-corrected chi connectivity index (χ2v) is 3.39. The van der Waals surface area contributed by atoms with Gasteiger partial charge in [0, 0.05) is 11.8 Å². The van der Waals surface area contributed by atoms with E-state index in [2.05, 4.69) is 53.3 Å². The average molecular weight is 182 g/mol. The summed E-state index contributed by atoms with van der Waals surface area (Å²) in [5.41, 5.74) is 8.45. The molecule has 68 valence electrons. The van der Waals surface area contributed by atoms with Gasteiger partial charge in [-0.3, -0.25) is 0 Å². The van der Waals surface area contributed by atoms with Crippen molar-refractivity contribution in [1.82, 2.24) is 5.43 Å². The third-order valence-corrected chi connectivity index (χ3v) is 2.47. The van der Waals surface area contributed by atoms with E-state index in [9.17, 15) is 0 Å². The fraction of sp³-hybridized carbons (Fsp3) is 0. The molecule has 0 saturated heterocycles. The van der Waals surface area contributed by atoms with Crippen LogP contribution in [0.5, 0.6) is 0 Å². The molecule has 14 heavy (non-hydrogen) atoms. The van der Waals surface area contributed by atoms with Gasteiger partial charge in [0.15, 0.2) is 0 Å². The Morgan fingerprint density at radius 2 is 1.71 bits per heavy atom.